The summed E-state index contributed by atoms with van der Waals surface area (Å²) in [7, 11) is 0. The van der Waals surface area contributed by atoms with E-state index in [1.807, 2.05) is 33.8 Å². The van der Waals surface area contributed by atoms with E-state index in [0.717, 1.165) is 25.7 Å². The van der Waals surface area contributed by atoms with E-state index < -0.39 is 5.60 Å². The van der Waals surface area contributed by atoms with E-state index in [4.69, 9.17) is 5.26 Å². The number of rotatable bonds is 6. The average Bonchev–Trinajstić information content (AvgIpc) is 3.21. The Kier molecular flexibility index (Phi) is 6.53. The highest BCUT2D eigenvalue weighted by molar-refractivity contribution is 6.00. The van der Waals surface area contributed by atoms with Crippen LogP contribution >= 0.6 is 0 Å². The van der Waals surface area contributed by atoms with Crippen molar-refractivity contribution in [1.82, 2.24) is 24.9 Å². The van der Waals surface area contributed by atoms with Crippen LogP contribution < -0.4 is 10.6 Å². The van der Waals surface area contributed by atoms with Gasteiger partial charge in [-0.2, -0.15) is 10.4 Å². The third-order valence-corrected chi connectivity index (χ3v) is 6.42. The lowest BCUT2D eigenvalue weighted by molar-refractivity contribution is -0.00257. The van der Waals surface area contributed by atoms with Gasteiger partial charge >= 0.3 is 0 Å². The third-order valence-electron chi connectivity index (χ3n) is 6.42. The second-order valence-corrected chi connectivity index (χ2v) is 9.87. The summed E-state index contributed by atoms with van der Waals surface area (Å²) in [6.45, 7) is 7.74. The molecule has 0 aliphatic heterocycles. The van der Waals surface area contributed by atoms with E-state index in [2.05, 4.69) is 31.8 Å². The van der Waals surface area contributed by atoms with Crippen LogP contribution in [0.4, 0.5) is 5.69 Å². The van der Waals surface area contributed by atoms with E-state index in [0.29, 0.717) is 33.7 Å². The fraction of sp³-hybridized carbons (Fsp3) is 0.480. The minimum Gasteiger partial charge on any atom is -0.390 e. The lowest BCUT2D eigenvalue weighted by Gasteiger charge is -2.36. The highest BCUT2D eigenvalue weighted by Gasteiger charge is 2.32. The molecule has 34 heavy (non-hydrogen) atoms. The first-order valence-corrected chi connectivity index (χ1v) is 11.7. The van der Waals surface area contributed by atoms with Crippen molar-refractivity contribution in [2.75, 3.05) is 5.32 Å². The maximum absolute atomic E-state index is 13.2. The molecule has 0 radical (unpaired) electrons. The summed E-state index contributed by atoms with van der Waals surface area (Å²) in [5, 5.41) is 30.2. The minimum absolute atomic E-state index is 0.0795. The van der Waals surface area contributed by atoms with Crippen molar-refractivity contribution in [2.45, 2.75) is 71.1 Å². The first-order chi connectivity index (χ1) is 16.2. The monoisotopic (exact) mass is 461 g/mol. The Hall–Kier alpha value is -3.51. The number of aliphatic hydroxyl groups is 1. The van der Waals surface area contributed by atoms with Gasteiger partial charge in [-0.15, -0.1) is 0 Å². The number of nitrogens with one attached hydrogen (secondary N) is 2. The topological polar surface area (TPSA) is 128 Å². The summed E-state index contributed by atoms with van der Waals surface area (Å²) in [5.74, 6) is 0.0917. The smallest absolute Gasteiger partial charge is 0.255 e. The van der Waals surface area contributed by atoms with Gasteiger partial charge < -0.3 is 15.7 Å². The first kappa shape index (κ1) is 23.6. The van der Waals surface area contributed by atoms with Gasteiger partial charge in [0.15, 0.2) is 5.65 Å². The van der Waals surface area contributed by atoms with Crippen molar-refractivity contribution in [3.8, 4) is 17.3 Å². The molecule has 0 unspecified atom stereocenters. The molecule has 0 bridgehead atoms. The summed E-state index contributed by atoms with van der Waals surface area (Å²) >= 11 is 0. The molecule has 0 saturated heterocycles. The van der Waals surface area contributed by atoms with Gasteiger partial charge in [-0.25, -0.2) is 9.50 Å². The summed E-state index contributed by atoms with van der Waals surface area (Å²) in [6.07, 6.45) is 9.83. The molecule has 1 saturated carbocycles. The van der Waals surface area contributed by atoms with E-state index in [-0.39, 0.29) is 23.9 Å². The highest BCUT2D eigenvalue weighted by Crippen LogP contribution is 2.33. The van der Waals surface area contributed by atoms with Crippen LogP contribution in [0.1, 0.15) is 69.3 Å². The lowest BCUT2D eigenvalue weighted by Crippen LogP contribution is -2.42. The summed E-state index contributed by atoms with van der Waals surface area (Å²) in [4.78, 5) is 22.1. The second kappa shape index (κ2) is 9.39. The molecule has 4 rings (SSSR count). The second-order valence-electron chi connectivity index (χ2n) is 9.87. The summed E-state index contributed by atoms with van der Waals surface area (Å²) < 4.78 is 1.55. The predicted molar refractivity (Wildman–Crippen MR) is 129 cm³/mol. The number of amides is 1. The van der Waals surface area contributed by atoms with Gasteiger partial charge in [-0.1, -0.05) is 0 Å². The molecule has 1 fully saturated rings. The van der Waals surface area contributed by atoms with Crippen LogP contribution in [-0.4, -0.2) is 48.3 Å². The third kappa shape index (κ3) is 5.02. The number of anilines is 1. The van der Waals surface area contributed by atoms with E-state index >= 15 is 0 Å². The number of nitrogens with zero attached hydrogens (tertiary/aromatic N) is 5. The molecule has 3 N–H and O–H groups in total. The largest absolute Gasteiger partial charge is 0.390 e. The van der Waals surface area contributed by atoms with Gasteiger partial charge in [0, 0.05) is 24.5 Å². The Morgan fingerprint density at radius 1 is 1.21 bits per heavy atom. The molecule has 9 nitrogen and oxygen atoms in total. The number of carbonyl (C=O) groups excluding carboxylic acids is 1. The number of nitriles is 1. The normalized spacial score (nSPS) is 18.6. The van der Waals surface area contributed by atoms with Gasteiger partial charge in [0.2, 0.25) is 0 Å². The number of carbonyl (C=O) groups is 1. The standard InChI is InChI=1S/C25H31N7O2/c1-15(2)30-22-9-21(19-13-29-32-14-16(10-26)11-28-23(19)32)27-12-20(22)24(33)31-18-7-5-17(6-8-18)25(3,4)34/h9,11-15,17-18,34H,5-8H2,1-4H3,(H,27,30)(H,31,33). The summed E-state index contributed by atoms with van der Waals surface area (Å²) in [6, 6.07) is 4.09. The molecule has 0 spiro atoms. The molecule has 1 aliphatic rings. The number of hydrogen-bond donors (Lipinski definition) is 3. The fourth-order valence-corrected chi connectivity index (χ4v) is 4.53. The Morgan fingerprint density at radius 3 is 2.59 bits per heavy atom. The van der Waals surface area contributed by atoms with Crippen LogP contribution in [0.3, 0.4) is 0 Å². The number of fused-ring (bicyclic) bond motifs is 1. The van der Waals surface area contributed by atoms with Crippen LogP contribution in [0.15, 0.2) is 30.9 Å². The predicted octanol–water partition coefficient (Wildman–Crippen LogP) is 3.54. The van der Waals surface area contributed by atoms with Crippen LogP contribution in [0.2, 0.25) is 0 Å². The van der Waals surface area contributed by atoms with Crippen molar-refractivity contribution in [3.05, 3.63) is 42.0 Å². The van der Waals surface area contributed by atoms with Crippen LogP contribution in [0, 0.1) is 17.2 Å². The molecule has 1 aliphatic carbocycles. The van der Waals surface area contributed by atoms with Crippen molar-refractivity contribution in [2.24, 2.45) is 5.92 Å². The maximum Gasteiger partial charge on any atom is 0.255 e. The molecule has 178 valence electrons. The average molecular weight is 462 g/mol. The Morgan fingerprint density at radius 2 is 1.94 bits per heavy atom. The lowest BCUT2D eigenvalue weighted by atomic mass is 9.77. The molecular weight excluding hydrogens is 430 g/mol. The first-order valence-electron chi connectivity index (χ1n) is 11.7. The fourth-order valence-electron chi connectivity index (χ4n) is 4.53. The van der Waals surface area contributed by atoms with Crippen molar-refractivity contribution < 1.29 is 9.90 Å². The number of pyridine rings is 1. The number of hydrogen-bond acceptors (Lipinski definition) is 7. The zero-order chi connectivity index (χ0) is 24.5. The molecule has 3 heterocycles. The maximum atomic E-state index is 13.2. The van der Waals surface area contributed by atoms with Crippen LogP contribution in [0.25, 0.3) is 16.9 Å². The van der Waals surface area contributed by atoms with Gasteiger partial charge in [0.05, 0.1) is 46.1 Å². The Labute approximate surface area is 199 Å². The zero-order valence-corrected chi connectivity index (χ0v) is 20.0. The van der Waals surface area contributed by atoms with Crippen molar-refractivity contribution in [3.63, 3.8) is 0 Å². The van der Waals surface area contributed by atoms with E-state index in [1.54, 1.807) is 23.1 Å². The molecule has 0 atom stereocenters. The molecular formula is C25H31N7O2. The van der Waals surface area contributed by atoms with Gasteiger partial charge in [0.1, 0.15) is 6.07 Å². The SMILES string of the molecule is CC(C)Nc1cc(-c2cnn3cc(C#N)cnc23)ncc1C(=O)NC1CCC(C(C)(C)O)CC1. The molecule has 3 aromatic heterocycles. The van der Waals surface area contributed by atoms with Crippen LogP contribution in [0.5, 0.6) is 0 Å². The van der Waals surface area contributed by atoms with Gasteiger partial charge in [-0.05, 0) is 65.4 Å². The van der Waals surface area contributed by atoms with Crippen LogP contribution in [-0.2, 0) is 0 Å². The van der Waals surface area contributed by atoms with E-state index in [9.17, 15) is 9.90 Å². The van der Waals surface area contributed by atoms with Crippen molar-refractivity contribution >= 4 is 17.2 Å². The molecule has 0 aromatic carbocycles. The minimum atomic E-state index is -0.688. The molecule has 3 aromatic rings. The van der Waals surface area contributed by atoms with E-state index in [1.165, 1.54) is 6.20 Å². The Balaban J connectivity index is 1.57. The molecule has 9 heteroatoms. The Bertz CT molecular complexity index is 1230. The van der Waals surface area contributed by atoms with Gasteiger partial charge in [0.25, 0.3) is 5.91 Å². The quantitative estimate of drug-likeness (QED) is 0.512. The zero-order valence-electron chi connectivity index (χ0n) is 20.0. The number of aromatic nitrogens is 4. The van der Waals surface area contributed by atoms with Gasteiger partial charge in [-0.3, -0.25) is 9.78 Å². The van der Waals surface area contributed by atoms with Crippen molar-refractivity contribution in [1.29, 1.82) is 5.26 Å². The highest BCUT2D eigenvalue weighted by atomic mass is 16.3. The molecule has 1 amide bonds. The summed E-state index contributed by atoms with van der Waals surface area (Å²) in [5.41, 5.74) is 2.84.